The fourth-order valence-electron chi connectivity index (χ4n) is 2.68. The van der Waals surface area contributed by atoms with Gasteiger partial charge in [0.25, 0.3) is 5.91 Å². The van der Waals surface area contributed by atoms with Gasteiger partial charge in [-0.3, -0.25) is 9.59 Å². The van der Waals surface area contributed by atoms with Crippen molar-refractivity contribution in [2.24, 2.45) is 0 Å². The molecule has 22 heavy (non-hydrogen) atoms. The van der Waals surface area contributed by atoms with Crippen LogP contribution in [0, 0.1) is 0 Å². The van der Waals surface area contributed by atoms with Crippen LogP contribution >= 0.6 is 23.1 Å². The van der Waals surface area contributed by atoms with Crippen molar-refractivity contribution in [2.45, 2.75) is 24.3 Å². The van der Waals surface area contributed by atoms with Gasteiger partial charge in [0.2, 0.25) is 5.91 Å². The number of rotatable bonds is 5. The van der Waals surface area contributed by atoms with Gasteiger partial charge in [0.15, 0.2) is 0 Å². The zero-order chi connectivity index (χ0) is 16.3. The van der Waals surface area contributed by atoms with Crippen molar-refractivity contribution in [3.05, 3.63) is 22.4 Å². The van der Waals surface area contributed by atoms with Crippen LogP contribution in [0.3, 0.4) is 0 Å². The first-order chi connectivity index (χ1) is 10.4. The first-order valence-corrected chi connectivity index (χ1v) is 9.43. The van der Waals surface area contributed by atoms with Gasteiger partial charge < -0.3 is 15.1 Å². The van der Waals surface area contributed by atoms with E-state index in [-0.39, 0.29) is 11.8 Å². The summed E-state index contributed by atoms with van der Waals surface area (Å²) >= 11 is 3.17. The van der Waals surface area contributed by atoms with Gasteiger partial charge in [-0.2, -0.15) is 11.8 Å². The minimum absolute atomic E-state index is 0.00620. The van der Waals surface area contributed by atoms with E-state index < -0.39 is 6.04 Å². The smallest absolute Gasteiger partial charge is 0.261 e. The molecule has 1 aromatic heterocycles. The maximum Gasteiger partial charge on any atom is 0.261 e. The molecular formula is C15H23N3O2S2. The molecule has 1 aliphatic rings. The highest BCUT2D eigenvalue weighted by atomic mass is 32.2. The van der Waals surface area contributed by atoms with Crippen molar-refractivity contribution < 1.29 is 9.59 Å². The summed E-state index contributed by atoms with van der Waals surface area (Å²) in [6.45, 7) is 3.21. The van der Waals surface area contributed by atoms with Gasteiger partial charge in [-0.25, -0.2) is 0 Å². The Kier molecular flexibility index (Phi) is 5.88. The van der Waals surface area contributed by atoms with Crippen molar-refractivity contribution in [1.29, 1.82) is 0 Å². The first-order valence-electron chi connectivity index (χ1n) is 7.26. The molecule has 1 N–H and O–H groups in total. The van der Waals surface area contributed by atoms with Gasteiger partial charge in [-0.1, -0.05) is 6.07 Å². The normalized spacial score (nSPS) is 22.9. The molecule has 2 heterocycles. The minimum atomic E-state index is -0.502. The molecule has 1 aromatic rings. The molecule has 0 spiro atoms. The summed E-state index contributed by atoms with van der Waals surface area (Å²) in [5.41, 5.74) is 0. The predicted molar refractivity (Wildman–Crippen MR) is 92.6 cm³/mol. The number of likely N-dealkylation sites (tertiary alicyclic amines) is 1. The van der Waals surface area contributed by atoms with Gasteiger partial charge in [-0.05, 0) is 38.7 Å². The molecule has 2 rings (SSSR count). The van der Waals surface area contributed by atoms with Crippen LogP contribution in [0.25, 0.3) is 0 Å². The van der Waals surface area contributed by atoms with Gasteiger partial charge in [0.05, 0.1) is 4.88 Å². The maximum atomic E-state index is 12.6. The lowest BCUT2D eigenvalue weighted by Crippen LogP contribution is -2.46. The summed E-state index contributed by atoms with van der Waals surface area (Å²) in [4.78, 5) is 29.3. The molecule has 0 bridgehead atoms. The Labute approximate surface area is 140 Å². The van der Waals surface area contributed by atoms with Crippen LogP contribution < -0.4 is 5.32 Å². The lowest BCUT2D eigenvalue weighted by molar-refractivity contribution is -0.131. The molecule has 0 radical (unpaired) electrons. The van der Waals surface area contributed by atoms with Crippen molar-refractivity contribution in [2.75, 3.05) is 33.4 Å². The summed E-state index contributed by atoms with van der Waals surface area (Å²) in [5.74, 6) is -0.186. The summed E-state index contributed by atoms with van der Waals surface area (Å²) < 4.78 is 0. The number of hydrogen-bond donors (Lipinski definition) is 1. The first kappa shape index (κ1) is 17.3. The monoisotopic (exact) mass is 341 g/mol. The van der Waals surface area contributed by atoms with E-state index in [1.165, 1.54) is 11.3 Å². The second-order valence-corrected chi connectivity index (χ2v) is 7.75. The van der Waals surface area contributed by atoms with Crippen LogP contribution in [-0.2, 0) is 4.79 Å². The van der Waals surface area contributed by atoms with Crippen molar-refractivity contribution in [3.63, 3.8) is 0 Å². The minimum Gasteiger partial charge on any atom is -0.340 e. The Balaban J connectivity index is 1.95. The second-order valence-electron chi connectivity index (χ2n) is 5.72. The lowest BCUT2D eigenvalue weighted by atomic mass is 10.2. The topological polar surface area (TPSA) is 52.7 Å². The van der Waals surface area contributed by atoms with Crippen molar-refractivity contribution in [3.8, 4) is 0 Å². The molecule has 5 nitrogen and oxygen atoms in total. The van der Waals surface area contributed by atoms with Crippen LogP contribution in [0.4, 0.5) is 0 Å². The fourth-order valence-corrected chi connectivity index (χ4v) is 4.27. The highest BCUT2D eigenvalue weighted by molar-refractivity contribution is 7.99. The molecule has 122 valence electrons. The van der Waals surface area contributed by atoms with E-state index in [4.69, 9.17) is 0 Å². The molecule has 1 aliphatic heterocycles. The zero-order valence-electron chi connectivity index (χ0n) is 13.4. The van der Waals surface area contributed by atoms with E-state index in [0.29, 0.717) is 16.2 Å². The third kappa shape index (κ3) is 3.83. The van der Waals surface area contributed by atoms with E-state index in [1.54, 1.807) is 24.8 Å². The Morgan fingerprint density at radius 2 is 2.18 bits per heavy atom. The molecule has 3 unspecified atom stereocenters. The second kappa shape index (κ2) is 7.48. The molecule has 0 saturated carbocycles. The van der Waals surface area contributed by atoms with Crippen LogP contribution in [0.2, 0.25) is 0 Å². The molecule has 1 saturated heterocycles. The molecular weight excluding hydrogens is 318 g/mol. The number of carbonyl (C=O) groups is 2. The Hall–Kier alpha value is -1.05. The van der Waals surface area contributed by atoms with Crippen LogP contribution in [0.15, 0.2) is 17.5 Å². The largest absolute Gasteiger partial charge is 0.340 e. The zero-order valence-corrected chi connectivity index (χ0v) is 15.0. The SMILES string of the molecule is CSC1CN(C(=O)C(C)NC(=O)c2cccs2)CC1N(C)C. The molecule has 0 aromatic carbocycles. The van der Waals surface area contributed by atoms with Gasteiger partial charge in [0, 0.05) is 24.4 Å². The number of hydrogen-bond acceptors (Lipinski definition) is 5. The highest BCUT2D eigenvalue weighted by Crippen LogP contribution is 2.24. The number of thiophene rings is 1. The van der Waals surface area contributed by atoms with Gasteiger partial charge in [-0.15, -0.1) is 11.3 Å². The number of thioether (sulfide) groups is 1. The number of nitrogens with zero attached hydrogens (tertiary/aromatic N) is 2. The Bertz CT molecular complexity index is 519. The van der Waals surface area contributed by atoms with Crippen molar-refractivity contribution >= 4 is 34.9 Å². The van der Waals surface area contributed by atoms with E-state index in [0.717, 1.165) is 13.1 Å². The Morgan fingerprint density at radius 3 is 2.68 bits per heavy atom. The van der Waals surface area contributed by atoms with Crippen molar-refractivity contribution in [1.82, 2.24) is 15.1 Å². The maximum absolute atomic E-state index is 12.6. The van der Waals surface area contributed by atoms with Crippen LogP contribution in [0.1, 0.15) is 16.6 Å². The number of carbonyl (C=O) groups excluding carboxylic acids is 2. The standard InChI is InChI=1S/C15H23N3O2S2/c1-10(16-14(19)12-6-5-7-22-12)15(20)18-8-11(17(2)3)13(9-18)21-4/h5-7,10-11,13H,8-9H2,1-4H3,(H,16,19). The summed E-state index contributed by atoms with van der Waals surface area (Å²) in [5, 5.41) is 5.07. The van der Waals surface area contributed by atoms with Gasteiger partial charge >= 0.3 is 0 Å². The fraction of sp³-hybridized carbons (Fsp3) is 0.600. The molecule has 3 atom stereocenters. The molecule has 1 fully saturated rings. The average molecular weight is 342 g/mol. The number of likely N-dealkylation sites (N-methyl/N-ethyl adjacent to an activating group) is 1. The predicted octanol–water partition coefficient (Wildman–Crippen LogP) is 1.37. The average Bonchev–Trinajstić information content (AvgIpc) is 3.15. The van der Waals surface area contributed by atoms with E-state index in [1.807, 2.05) is 30.4 Å². The van der Waals surface area contributed by atoms with E-state index >= 15 is 0 Å². The number of nitrogens with one attached hydrogen (secondary N) is 1. The number of amides is 2. The van der Waals surface area contributed by atoms with Crippen LogP contribution in [-0.4, -0.2) is 72.4 Å². The lowest BCUT2D eigenvalue weighted by Gasteiger charge is -2.24. The highest BCUT2D eigenvalue weighted by Gasteiger charge is 2.37. The summed E-state index contributed by atoms with van der Waals surface area (Å²) in [7, 11) is 4.09. The Morgan fingerprint density at radius 1 is 1.45 bits per heavy atom. The molecule has 2 amide bonds. The quantitative estimate of drug-likeness (QED) is 0.879. The van der Waals surface area contributed by atoms with E-state index in [2.05, 4.69) is 16.5 Å². The summed E-state index contributed by atoms with van der Waals surface area (Å²) in [6, 6.07) is 3.45. The molecule has 7 heteroatoms. The third-order valence-electron chi connectivity index (χ3n) is 3.98. The molecule has 0 aliphatic carbocycles. The van der Waals surface area contributed by atoms with Gasteiger partial charge in [0.1, 0.15) is 6.04 Å². The summed E-state index contributed by atoms with van der Waals surface area (Å²) in [6.07, 6.45) is 2.08. The third-order valence-corrected chi connectivity index (χ3v) is 5.92. The van der Waals surface area contributed by atoms with Crippen LogP contribution in [0.5, 0.6) is 0 Å². The van der Waals surface area contributed by atoms with E-state index in [9.17, 15) is 9.59 Å².